The van der Waals surface area contributed by atoms with E-state index in [-0.39, 0.29) is 17.7 Å². The van der Waals surface area contributed by atoms with E-state index in [0.29, 0.717) is 12.8 Å². The largest absolute Gasteiger partial charge is 0.332 e. The van der Waals surface area contributed by atoms with Gasteiger partial charge < -0.3 is 0 Å². The third-order valence-electron chi connectivity index (χ3n) is 4.38. The van der Waals surface area contributed by atoms with Gasteiger partial charge in [0.2, 0.25) is 11.8 Å². The smallest absolute Gasteiger partial charge is 0.273 e. The fourth-order valence-electron chi connectivity index (χ4n) is 3.09. The predicted molar refractivity (Wildman–Crippen MR) is 71.6 cm³/mol. The van der Waals surface area contributed by atoms with Crippen molar-refractivity contribution in [1.82, 2.24) is 9.80 Å². The summed E-state index contributed by atoms with van der Waals surface area (Å²) in [7, 11) is 2.88. The van der Waals surface area contributed by atoms with E-state index in [0.717, 1.165) is 15.4 Å². The van der Waals surface area contributed by atoms with Crippen LogP contribution in [0.15, 0.2) is 30.3 Å². The Labute approximate surface area is 117 Å². The lowest BCUT2D eigenvalue weighted by Gasteiger charge is -2.33. The van der Waals surface area contributed by atoms with E-state index in [2.05, 4.69) is 0 Å². The second-order valence-electron chi connectivity index (χ2n) is 5.57. The van der Waals surface area contributed by atoms with Gasteiger partial charge in [0.05, 0.1) is 0 Å². The van der Waals surface area contributed by atoms with Crippen molar-refractivity contribution >= 4 is 17.8 Å². The summed E-state index contributed by atoms with van der Waals surface area (Å²) in [5, 5.41) is 0. The Hall–Kier alpha value is -2.17. The number of rotatable bonds is 2. The average Bonchev–Trinajstić information content (AvgIpc) is 3.18. The Morgan fingerprint density at radius 3 is 2.15 bits per heavy atom. The van der Waals surface area contributed by atoms with Gasteiger partial charge in [0, 0.05) is 14.1 Å². The van der Waals surface area contributed by atoms with E-state index < -0.39 is 11.4 Å². The number of carbonyl (C=O) groups is 3. The fraction of sp³-hybridized carbons (Fsp3) is 0.400. The van der Waals surface area contributed by atoms with Crippen molar-refractivity contribution in [2.24, 2.45) is 11.3 Å². The highest BCUT2D eigenvalue weighted by Crippen LogP contribution is 2.57. The third kappa shape index (κ3) is 1.59. The molecule has 2 aliphatic rings. The maximum absolute atomic E-state index is 12.3. The van der Waals surface area contributed by atoms with Gasteiger partial charge in [-0.3, -0.25) is 19.4 Å². The summed E-state index contributed by atoms with van der Waals surface area (Å²) in [6, 6.07) is 9.25. The van der Waals surface area contributed by atoms with Crippen LogP contribution in [0.25, 0.3) is 0 Å². The summed E-state index contributed by atoms with van der Waals surface area (Å²) >= 11 is 0. The van der Waals surface area contributed by atoms with Gasteiger partial charge in [0.1, 0.15) is 5.41 Å². The zero-order valence-electron chi connectivity index (χ0n) is 11.5. The van der Waals surface area contributed by atoms with E-state index in [9.17, 15) is 14.4 Å². The minimum atomic E-state index is -1.01. The van der Waals surface area contributed by atoms with Crippen molar-refractivity contribution in [2.45, 2.75) is 12.8 Å². The van der Waals surface area contributed by atoms with Crippen molar-refractivity contribution in [2.75, 3.05) is 14.1 Å². The first kappa shape index (κ1) is 12.8. The number of barbiturate groups is 1. The van der Waals surface area contributed by atoms with Gasteiger partial charge in [0.25, 0.3) is 0 Å². The molecule has 3 rings (SSSR count). The van der Waals surface area contributed by atoms with Gasteiger partial charge in [-0.1, -0.05) is 30.3 Å². The minimum absolute atomic E-state index is 0.0112. The minimum Gasteiger partial charge on any atom is -0.273 e. The molecular formula is C15H16N2O3. The molecule has 1 aliphatic heterocycles. The second kappa shape index (κ2) is 4.16. The summed E-state index contributed by atoms with van der Waals surface area (Å²) in [6.07, 6.45) is 1.22. The number of hydrogen-bond donors (Lipinski definition) is 0. The van der Waals surface area contributed by atoms with Crippen LogP contribution in [-0.2, 0) is 16.0 Å². The van der Waals surface area contributed by atoms with Crippen molar-refractivity contribution < 1.29 is 14.4 Å². The van der Waals surface area contributed by atoms with Crippen LogP contribution in [0.2, 0.25) is 0 Å². The van der Waals surface area contributed by atoms with E-state index in [1.54, 1.807) is 0 Å². The first-order valence-electron chi connectivity index (χ1n) is 6.62. The molecule has 1 aliphatic carbocycles. The first-order chi connectivity index (χ1) is 9.48. The molecule has 1 atom stereocenters. The van der Waals surface area contributed by atoms with Gasteiger partial charge in [-0.25, -0.2) is 4.79 Å². The topological polar surface area (TPSA) is 57.7 Å². The van der Waals surface area contributed by atoms with Gasteiger partial charge in [-0.15, -0.1) is 0 Å². The van der Waals surface area contributed by atoms with E-state index in [4.69, 9.17) is 0 Å². The van der Waals surface area contributed by atoms with Gasteiger partial charge in [0.15, 0.2) is 0 Å². The lowest BCUT2D eigenvalue weighted by molar-refractivity contribution is -0.150. The highest BCUT2D eigenvalue weighted by atomic mass is 16.2. The van der Waals surface area contributed by atoms with Crippen molar-refractivity contribution in [3.05, 3.63) is 35.9 Å². The standard InChI is InChI=1S/C15H16N2O3/c1-16-12(18)15(13(19)17(2)14(16)20)9-11(15)8-10-6-4-3-5-7-10/h3-7,11H,8-9H2,1-2H3. The molecule has 2 fully saturated rings. The molecule has 1 heterocycles. The predicted octanol–water partition coefficient (Wildman–Crippen LogP) is 1.29. The Morgan fingerprint density at radius 1 is 1.05 bits per heavy atom. The Bertz CT molecular complexity index is 572. The molecule has 0 bridgehead atoms. The Morgan fingerprint density at radius 2 is 1.60 bits per heavy atom. The molecule has 0 aromatic heterocycles. The molecule has 1 saturated carbocycles. The highest BCUT2D eigenvalue weighted by molar-refractivity contribution is 6.20. The summed E-state index contributed by atoms with van der Waals surface area (Å²) in [6.45, 7) is 0. The molecule has 1 aromatic carbocycles. The molecule has 20 heavy (non-hydrogen) atoms. The number of nitrogens with zero attached hydrogens (tertiary/aromatic N) is 2. The quantitative estimate of drug-likeness (QED) is 0.762. The van der Waals surface area contributed by atoms with Crippen LogP contribution < -0.4 is 0 Å². The van der Waals surface area contributed by atoms with Gasteiger partial charge in [-0.2, -0.15) is 0 Å². The van der Waals surface area contributed by atoms with Crippen LogP contribution in [0.1, 0.15) is 12.0 Å². The maximum atomic E-state index is 12.3. The number of amides is 4. The third-order valence-corrected chi connectivity index (χ3v) is 4.38. The van der Waals surface area contributed by atoms with Crippen LogP contribution in [0, 0.1) is 11.3 Å². The molecule has 0 radical (unpaired) electrons. The second-order valence-corrected chi connectivity index (χ2v) is 5.57. The summed E-state index contributed by atoms with van der Waals surface area (Å²) in [4.78, 5) is 38.5. The molecular weight excluding hydrogens is 256 g/mol. The number of urea groups is 1. The van der Waals surface area contributed by atoms with E-state index >= 15 is 0 Å². The number of imide groups is 2. The van der Waals surface area contributed by atoms with Crippen LogP contribution in [0.3, 0.4) is 0 Å². The Balaban J connectivity index is 1.85. The van der Waals surface area contributed by atoms with Crippen LogP contribution in [0.5, 0.6) is 0 Å². The molecule has 4 amide bonds. The van der Waals surface area contributed by atoms with Crippen LogP contribution in [-0.4, -0.2) is 41.7 Å². The molecule has 1 saturated heterocycles. The molecule has 0 N–H and O–H groups in total. The zero-order valence-corrected chi connectivity index (χ0v) is 11.5. The summed E-state index contributed by atoms with van der Waals surface area (Å²) in [5.41, 5.74) is 0.102. The van der Waals surface area contributed by atoms with Crippen molar-refractivity contribution in [3.8, 4) is 0 Å². The fourth-order valence-corrected chi connectivity index (χ4v) is 3.09. The lowest BCUT2D eigenvalue weighted by atomic mass is 9.94. The Kier molecular flexibility index (Phi) is 2.67. The molecule has 104 valence electrons. The van der Waals surface area contributed by atoms with Gasteiger partial charge >= 0.3 is 6.03 Å². The number of carbonyl (C=O) groups excluding carboxylic acids is 3. The van der Waals surface area contributed by atoms with Gasteiger partial charge in [-0.05, 0) is 24.3 Å². The summed E-state index contributed by atoms with van der Waals surface area (Å²) in [5.74, 6) is -0.721. The monoisotopic (exact) mass is 272 g/mol. The molecule has 5 heteroatoms. The van der Waals surface area contributed by atoms with Crippen molar-refractivity contribution in [3.63, 3.8) is 0 Å². The maximum Gasteiger partial charge on any atom is 0.332 e. The van der Waals surface area contributed by atoms with Crippen LogP contribution >= 0.6 is 0 Å². The highest BCUT2D eigenvalue weighted by Gasteiger charge is 2.70. The normalized spacial score (nSPS) is 24.5. The molecule has 5 nitrogen and oxygen atoms in total. The number of hydrogen-bond acceptors (Lipinski definition) is 3. The van der Waals surface area contributed by atoms with Crippen molar-refractivity contribution in [1.29, 1.82) is 0 Å². The molecule has 1 unspecified atom stereocenters. The average molecular weight is 272 g/mol. The SMILES string of the molecule is CN1C(=O)N(C)C(=O)C2(CC2Cc2ccccc2)C1=O. The summed E-state index contributed by atoms with van der Waals surface area (Å²) < 4.78 is 0. The zero-order chi connectivity index (χ0) is 14.5. The first-order valence-corrected chi connectivity index (χ1v) is 6.62. The van der Waals surface area contributed by atoms with E-state index in [1.807, 2.05) is 30.3 Å². The molecule has 1 aromatic rings. The lowest BCUT2D eigenvalue weighted by Crippen LogP contribution is -2.58. The van der Waals surface area contributed by atoms with Crippen LogP contribution in [0.4, 0.5) is 4.79 Å². The van der Waals surface area contributed by atoms with E-state index in [1.165, 1.54) is 14.1 Å². The number of benzene rings is 1. The molecule has 1 spiro atoms.